The smallest absolute Gasteiger partial charge is 0.105 e. The van der Waals surface area contributed by atoms with Gasteiger partial charge in [0.05, 0.1) is 5.60 Å². The SMILES string of the molecule is CCC1(CC)CNCC(c2cc(Br)cs2)O1. The number of hydrogen-bond donors (Lipinski definition) is 1. The van der Waals surface area contributed by atoms with Crippen molar-refractivity contribution in [3.63, 3.8) is 0 Å². The molecule has 2 rings (SSSR count). The van der Waals surface area contributed by atoms with E-state index in [-0.39, 0.29) is 11.7 Å². The highest BCUT2D eigenvalue weighted by molar-refractivity contribution is 9.10. The number of thiophene rings is 1. The van der Waals surface area contributed by atoms with E-state index in [1.807, 2.05) is 0 Å². The Balaban J connectivity index is 2.12. The molecule has 0 spiro atoms. The minimum absolute atomic E-state index is 0.0272. The highest BCUT2D eigenvalue weighted by atomic mass is 79.9. The average molecular weight is 304 g/mol. The maximum Gasteiger partial charge on any atom is 0.105 e. The van der Waals surface area contributed by atoms with Crippen LogP contribution in [-0.4, -0.2) is 18.7 Å². The summed E-state index contributed by atoms with van der Waals surface area (Å²) >= 11 is 5.26. The third kappa shape index (κ3) is 2.50. The van der Waals surface area contributed by atoms with Crippen molar-refractivity contribution in [2.45, 2.75) is 38.4 Å². The molecule has 1 aromatic heterocycles. The lowest BCUT2D eigenvalue weighted by Crippen LogP contribution is -2.50. The number of morpholine rings is 1. The van der Waals surface area contributed by atoms with E-state index in [1.54, 1.807) is 11.3 Å². The lowest BCUT2D eigenvalue weighted by molar-refractivity contribution is -0.121. The van der Waals surface area contributed by atoms with Gasteiger partial charge in [-0.05, 0) is 34.8 Å². The van der Waals surface area contributed by atoms with Crippen LogP contribution in [0.25, 0.3) is 0 Å². The number of nitrogens with one attached hydrogen (secondary N) is 1. The summed E-state index contributed by atoms with van der Waals surface area (Å²) in [5.41, 5.74) is 0.0272. The lowest BCUT2D eigenvalue weighted by atomic mass is 9.95. The molecule has 1 atom stereocenters. The zero-order chi connectivity index (χ0) is 11.6. The molecule has 4 heteroatoms. The Kier molecular flexibility index (Phi) is 4.06. The molecule has 1 unspecified atom stereocenters. The summed E-state index contributed by atoms with van der Waals surface area (Å²) < 4.78 is 7.45. The maximum absolute atomic E-state index is 6.30. The van der Waals surface area contributed by atoms with Gasteiger partial charge in [0.25, 0.3) is 0 Å². The van der Waals surface area contributed by atoms with E-state index >= 15 is 0 Å². The molecule has 2 heterocycles. The number of rotatable bonds is 3. The first-order chi connectivity index (χ1) is 7.69. The molecule has 1 aromatic rings. The minimum Gasteiger partial charge on any atom is -0.364 e. The third-order valence-corrected chi connectivity index (χ3v) is 5.15. The zero-order valence-corrected chi connectivity index (χ0v) is 12.2. The Morgan fingerprint density at radius 3 is 2.88 bits per heavy atom. The highest BCUT2D eigenvalue weighted by Crippen LogP contribution is 2.35. The molecule has 1 aliphatic rings. The van der Waals surface area contributed by atoms with Crippen molar-refractivity contribution in [3.8, 4) is 0 Å². The first kappa shape index (κ1) is 12.6. The summed E-state index contributed by atoms with van der Waals surface area (Å²) in [5.74, 6) is 0. The second kappa shape index (κ2) is 5.17. The minimum atomic E-state index is 0.0272. The fourth-order valence-corrected chi connectivity index (χ4v) is 3.61. The van der Waals surface area contributed by atoms with Gasteiger partial charge in [-0.25, -0.2) is 0 Å². The molecular formula is C12H18BrNOS. The van der Waals surface area contributed by atoms with Crippen LogP contribution < -0.4 is 5.32 Å². The molecular weight excluding hydrogens is 286 g/mol. The molecule has 1 fully saturated rings. The fraction of sp³-hybridized carbons (Fsp3) is 0.667. The van der Waals surface area contributed by atoms with Crippen molar-refractivity contribution in [3.05, 3.63) is 20.8 Å². The average Bonchev–Trinajstić information content (AvgIpc) is 2.76. The van der Waals surface area contributed by atoms with E-state index in [4.69, 9.17) is 4.74 Å². The molecule has 1 N–H and O–H groups in total. The van der Waals surface area contributed by atoms with Crippen LogP contribution in [0.4, 0.5) is 0 Å². The Morgan fingerprint density at radius 2 is 2.31 bits per heavy atom. The van der Waals surface area contributed by atoms with Crippen LogP contribution in [0.5, 0.6) is 0 Å². The molecule has 0 aromatic carbocycles. The summed E-state index contributed by atoms with van der Waals surface area (Å²) in [6, 6.07) is 2.17. The van der Waals surface area contributed by atoms with Crippen LogP contribution in [0, 0.1) is 0 Å². The third-order valence-electron chi connectivity index (χ3n) is 3.36. The van der Waals surface area contributed by atoms with Crippen LogP contribution in [0.1, 0.15) is 37.7 Å². The first-order valence-corrected chi connectivity index (χ1v) is 7.49. The van der Waals surface area contributed by atoms with Crippen molar-refractivity contribution >= 4 is 27.3 Å². The fourth-order valence-electron chi connectivity index (χ4n) is 2.14. The van der Waals surface area contributed by atoms with Crippen molar-refractivity contribution in [1.82, 2.24) is 5.32 Å². The van der Waals surface area contributed by atoms with E-state index in [1.165, 1.54) is 4.88 Å². The van der Waals surface area contributed by atoms with E-state index in [0.29, 0.717) is 0 Å². The monoisotopic (exact) mass is 303 g/mol. The van der Waals surface area contributed by atoms with Gasteiger partial charge >= 0.3 is 0 Å². The summed E-state index contributed by atoms with van der Waals surface area (Å²) in [4.78, 5) is 1.31. The van der Waals surface area contributed by atoms with Crippen molar-refractivity contribution in [1.29, 1.82) is 0 Å². The topological polar surface area (TPSA) is 21.3 Å². The van der Waals surface area contributed by atoms with Gasteiger partial charge in [-0.15, -0.1) is 11.3 Å². The van der Waals surface area contributed by atoms with Gasteiger partial charge in [0.2, 0.25) is 0 Å². The largest absolute Gasteiger partial charge is 0.364 e. The second-order valence-corrected chi connectivity index (χ2v) is 6.15. The highest BCUT2D eigenvalue weighted by Gasteiger charge is 2.35. The van der Waals surface area contributed by atoms with Gasteiger partial charge in [0.1, 0.15) is 6.10 Å². The van der Waals surface area contributed by atoms with Gasteiger partial charge in [-0.3, -0.25) is 0 Å². The summed E-state index contributed by atoms with van der Waals surface area (Å²) in [6.45, 7) is 6.31. The quantitative estimate of drug-likeness (QED) is 0.918. The standard InChI is InChI=1S/C12H18BrNOS/c1-3-12(4-2)8-14-6-10(15-12)11-5-9(13)7-16-11/h5,7,10,14H,3-4,6,8H2,1-2H3. The van der Waals surface area contributed by atoms with Gasteiger partial charge in [-0.1, -0.05) is 13.8 Å². The van der Waals surface area contributed by atoms with Crippen LogP contribution >= 0.6 is 27.3 Å². The molecule has 1 aliphatic heterocycles. The Bertz CT molecular complexity index is 349. The second-order valence-electron chi connectivity index (χ2n) is 4.29. The predicted octanol–water partition coefficient (Wildman–Crippen LogP) is 3.73. The van der Waals surface area contributed by atoms with E-state index in [2.05, 4.69) is 46.5 Å². The molecule has 0 radical (unpaired) electrons. The molecule has 90 valence electrons. The number of hydrogen-bond acceptors (Lipinski definition) is 3. The molecule has 0 bridgehead atoms. The molecule has 2 nitrogen and oxygen atoms in total. The van der Waals surface area contributed by atoms with Crippen molar-refractivity contribution in [2.75, 3.05) is 13.1 Å². The predicted molar refractivity (Wildman–Crippen MR) is 72.0 cm³/mol. The number of halogens is 1. The number of ether oxygens (including phenoxy) is 1. The van der Waals surface area contributed by atoms with Crippen LogP contribution in [-0.2, 0) is 4.74 Å². The van der Waals surface area contributed by atoms with E-state index < -0.39 is 0 Å². The van der Waals surface area contributed by atoms with Crippen molar-refractivity contribution < 1.29 is 4.74 Å². The van der Waals surface area contributed by atoms with Crippen molar-refractivity contribution in [2.24, 2.45) is 0 Å². The van der Waals surface area contributed by atoms with E-state index in [9.17, 15) is 0 Å². The van der Waals surface area contributed by atoms with Gasteiger partial charge in [-0.2, -0.15) is 0 Å². The maximum atomic E-state index is 6.30. The molecule has 0 saturated carbocycles. The van der Waals surface area contributed by atoms with Crippen LogP contribution in [0.2, 0.25) is 0 Å². The van der Waals surface area contributed by atoms with E-state index in [0.717, 1.165) is 30.4 Å². The Labute approximate surface area is 110 Å². The van der Waals surface area contributed by atoms with Crippen LogP contribution in [0.3, 0.4) is 0 Å². The van der Waals surface area contributed by atoms with Gasteiger partial charge < -0.3 is 10.1 Å². The summed E-state index contributed by atoms with van der Waals surface area (Å²) in [5, 5.41) is 5.62. The Hall–Kier alpha value is 0.1000. The van der Waals surface area contributed by atoms with Gasteiger partial charge in [0, 0.05) is 27.8 Å². The van der Waals surface area contributed by atoms with Crippen LogP contribution in [0.15, 0.2) is 15.9 Å². The van der Waals surface area contributed by atoms with Gasteiger partial charge in [0.15, 0.2) is 0 Å². The summed E-state index contributed by atoms with van der Waals surface area (Å²) in [6.07, 6.45) is 2.35. The normalized spacial score (nSPS) is 24.6. The summed E-state index contributed by atoms with van der Waals surface area (Å²) in [7, 11) is 0. The molecule has 16 heavy (non-hydrogen) atoms. The molecule has 0 amide bonds. The zero-order valence-electron chi connectivity index (χ0n) is 9.75. The Morgan fingerprint density at radius 1 is 1.56 bits per heavy atom. The molecule has 1 saturated heterocycles. The first-order valence-electron chi connectivity index (χ1n) is 5.81. The molecule has 0 aliphatic carbocycles. The lowest BCUT2D eigenvalue weighted by Gasteiger charge is -2.40.